The number of likely N-dealkylation sites (tertiary alicyclic amines) is 1. The van der Waals surface area contributed by atoms with Crippen LogP contribution in [0.3, 0.4) is 0 Å². The number of rotatable bonds is 5. The van der Waals surface area contributed by atoms with Gasteiger partial charge >= 0.3 is 5.97 Å². The standard InChI is InChI=1S/C14H17FN2O3/c15-11-1-3-12(4-2-11)16-13(18)9-17-6-5-10(8-17)7-14(19)20/h1-4,10H,5-9H2,(H,16,18)(H,19,20). The summed E-state index contributed by atoms with van der Waals surface area (Å²) in [6, 6.07) is 5.58. The lowest BCUT2D eigenvalue weighted by Gasteiger charge is -2.15. The molecule has 108 valence electrons. The monoisotopic (exact) mass is 280 g/mol. The van der Waals surface area contributed by atoms with Crippen LogP contribution in [-0.4, -0.2) is 41.5 Å². The van der Waals surface area contributed by atoms with Gasteiger partial charge in [-0.3, -0.25) is 14.5 Å². The molecule has 1 amide bonds. The van der Waals surface area contributed by atoms with Crippen LogP contribution in [-0.2, 0) is 9.59 Å². The topological polar surface area (TPSA) is 69.6 Å². The molecule has 1 saturated heterocycles. The van der Waals surface area contributed by atoms with E-state index < -0.39 is 5.97 Å². The second-order valence-electron chi connectivity index (χ2n) is 5.04. The molecule has 6 heteroatoms. The summed E-state index contributed by atoms with van der Waals surface area (Å²) in [6.45, 7) is 1.59. The predicted octanol–water partition coefficient (Wildman–Crippen LogP) is 1.56. The second kappa shape index (κ2) is 6.47. The third-order valence-electron chi connectivity index (χ3n) is 3.33. The Bertz CT molecular complexity index is 490. The Morgan fingerprint density at radius 1 is 1.35 bits per heavy atom. The molecule has 5 nitrogen and oxygen atoms in total. The SMILES string of the molecule is O=C(O)CC1CCN(CC(=O)Nc2ccc(F)cc2)C1. The van der Waals surface area contributed by atoms with Gasteiger partial charge in [0.05, 0.1) is 6.54 Å². The normalized spacial score (nSPS) is 18.9. The highest BCUT2D eigenvalue weighted by molar-refractivity contribution is 5.92. The predicted molar refractivity (Wildman–Crippen MR) is 71.8 cm³/mol. The van der Waals surface area contributed by atoms with Gasteiger partial charge in [0.2, 0.25) is 5.91 Å². The molecule has 0 radical (unpaired) electrons. The molecule has 1 aromatic rings. The van der Waals surface area contributed by atoms with Gasteiger partial charge in [-0.25, -0.2) is 4.39 Å². The van der Waals surface area contributed by atoms with E-state index >= 15 is 0 Å². The van der Waals surface area contributed by atoms with E-state index in [0.717, 1.165) is 13.0 Å². The van der Waals surface area contributed by atoms with E-state index in [-0.39, 0.29) is 30.6 Å². The van der Waals surface area contributed by atoms with Crippen molar-refractivity contribution in [1.82, 2.24) is 4.90 Å². The number of hydrogen-bond donors (Lipinski definition) is 2. The summed E-state index contributed by atoms with van der Waals surface area (Å²) in [4.78, 5) is 24.4. The highest BCUT2D eigenvalue weighted by atomic mass is 19.1. The van der Waals surface area contributed by atoms with E-state index in [0.29, 0.717) is 12.2 Å². The first-order valence-corrected chi connectivity index (χ1v) is 6.52. The number of halogens is 1. The van der Waals surface area contributed by atoms with Crippen molar-refractivity contribution in [2.24, 2.45) is 5.92 Å². The fourth-order valence-corrected chi connectivity index (χ4v) is 2.41. The number of carboxylic acid groups (broad SMARTS) is 1. The molecular weight excluding hydrogens is 263 g/mol. The molecule has 1 atom stereocenters. The molecule has 0 bridgehead atoms. The molecule has 1 aliphatic heterocycles. The summed E-state index contributed by atoms with van der Waals surface area (Å²) in [5.41, 5.74) is 0.553. The van der Waals surface area contributed by atoms with Crippen LogP contribution in [0.1, 0.15) is 12.8 Å². The second-order valence-corrected chi connectivity index (χ2v) is 5.04. The molecule has 1 aromatic carbocycles. The van der Waals surface area contributed by atoms with Crippen molar-refractivity contribution in [2.75, 3.05) is 25.0 Å². The Morgan fingerprint density at radius 2 is 2.05 bits per heavy atom. The average molecular weight is 280 g/mol. The maximum Gasteiger partial charge on any atom is 0.303 e. The number of hydrogen-bond acceptors (Lipinski definition) is 3. The molecule has 20 heavy (non-hydrogen) atoms. The van der Waals surface area contributed by atoms with E-state index in [1.54, 1.807) is 0 Å². The minimum absolute atomic E-state index is 0.117. The number of carboxylic acids is 1. The van der Waals surface area contributed by atoms with E-state index in [9.17, 15) is 14.0 Å². The number of carbonyl (C=O) groups is 2. The van der Waals surface area contributed by atoms with Crippen molar-refractivity contribution in [3.05, 3.63) is 30.1 Å². The van der Waals surface area contributed by atoms with Gasteiger partial charge < -0.3 is 10.4 Å². The van der Waals surface area contributed by atoms with Gasteiger partial charge in [0.15, 0.2) is 0 Å². The number of nitrogens with zero attached hydrogens (tertiary/aromatic N) is 1. The van der Waals surface area contributed by atoms with Crippen molar-refractivity contribution in [2.45, 2.75) is 12.8 Å². The molecule has 1 fully saturated rings. The maximum atomic E-state index is 12.7. The summed E-state index contributed by atoms with van der Waals surface area (Å²) >= 11 is 0. The van der Waals surface area contributed by atoms with Crippen LogP contribution in [0.4, 0.5) is 10.1 Å². The third-order valence-corrected chi connectivity index (χ3v) is 3.33. The van der Waals surface area contributed by atoms with Crippen LogP contribution >= 0.6 is 0 Å². The quantitative estimate of drug-likeness (QED) is 0.858. The molecule has 2 N–H and O–H groups in total. The molecular formula is C14H17FN2O3. The maximum absolute atomic E-state index is 12.7. The smallest absolute Gasteiger partial charge is 0.303 e. The summed E-state index contributed by atoms with van der Waals surface area (Å²) in [5, 5.41) is 11.4. The minimum Gasteiger partial charge on any atom is -0.481 e. The van der Waals surface area contributed by atoms with Gasteiger partial charge in [-0.2, -0.15) is 0 Å². The Balaban J connectivity index is 1.78. The van der Waals surface area contributed by atoms with Crippen molar-refractivity contribution in [3.8, 4) is 0 Å². The Morgan fingerprint density at radius 3 is 2.70 bits per heavy atom. The summed E-state index contributed by atoms with van der Waals surface area (Å²) < 4.78 is 12.7. The lowest BCUT2D eigenvalue weighted by molar-refractivity contribution is -0.138. The summed E-state index contributed by atoms with van der Waals surface area (Å²) in [5.74, 6) is -1.20. The molecule has 0 saturated carbocycles. The zero-order valence-electron chi connectivity index (χ0n) is 11.0. The van der Waals surface area contributed by atoms with Crippen LogP contribution in [0.2, 0.25) is 0 Å². The van der Waals surface area contributed by atoms with Crippen LogP contribution < -0.4 is 5.32 Å². The van der Waals surface area contributed by atoms with Gasteiger partial charge in [0.25, 0.3) is 0 Å². The third kappa shape index (κ3) is 4.31. The first kappa shape index (κ1) is 14.5. The van der Waals surface area contributed by atoms with Gasteiger partial charge in [0, 0.05) is 18.7 Å². The van der Waals surface area contributed by atoms with Crippen molar-refractivity contribution in [1.29, 1.82) is 0 Å². The number of amides is 1. The zero-order valence-corrected chi connectivity index (χ0v) is 11.0. The van der Waals surface area contributed by atoms with Gasteiger partial charge in [-0.05, 0) is 43.1 Å². The summed E-state index contributed by atoms with van der Waals surface area (Å²) in [6.07, 6.45) is 0.951. The van der Waals surface area contributed by atoms with E-state index in [1.807, 2.05) is 4.90 Å². The molecule has 1 aliphatic rings. The highest BCUT2D eigenvalue weighted by Crippen LogP contribution is 2.19. The van der Waals surface area contributed by atoms with Crippen molar-refractivity contribution < 1.29 is 19.1 Å². The zero-order chi connectivity index (χ0) is 14.5. The minimum atomic E-state index is -0.799. The Labute approximate surface area is 116 Å². The number of benzene rings is 1. The number of aliphatic carboxylic acids is 1. The van der Waals surface area contributed by atoms with Gasteiger partial charge in [-0.1, -0.05) is 0 Å². The molecule has 0 spiro atoms. The lowest BCUT2D eigenvalue weighted by Crippen LogP contribution is -2.31. The lowest BCUT2D eigenvalue weighted by atomic mass is 10.1. The van der Waals surface area contributed by atoms with Crippen LogP contribution in [0, 0.1) is 11.7 Å². The van der Waals surface area contributed by atoms with E-state index in [4.69, 9.17) is 5.11 Å². The first-order chi connectivity index (χ1) is 9.52. The largest absolute Gasteiger partial charge is 0.481 e. The summed E-state index contributed by atoms with van der Waals surface area (Å²) in [7, 11) is 0. The van der Waals surface area contributed by atoms with Crippen LogP contribution in [0.25, 0.3) is 0 Å². The fraction of sp³-hybridized carbons (Fsp3) is 0.429. The molecule has 1 heterocycles. The Hall–Kier alpha value is -1.95. The van der Waals surface area contributed by atoms with E-state index in [1.165, 1.54) is 24.3 Å². The van der Waals surface area contributed by atoms with Gasteiger partial charge in [0.1, 0.15) is 5.82 Å². The van der Waals surface area contributed by atoms with Gasteiger partial charge in [-0.15, -0.1) is 0 Å². The molecule has 0 aliphatic carbocycles. The van der Waals surface area contributed by atoms with Crippen molar-refractivity contribution in [3.63, 3.8) is 0 Å². The molecule has 2 rings (SSSR count). The van der Waals surface area contributed by atoms with Crippen molar-refractivity contribution >= 4 is 17.6 Å². The molecule has 0 aromatic heterocycles. The number of carbonyl (C=O) groups excluding carboxylic acids is 1. The number of nitrogens with one attached hydrogen (secondary N) is 1. The molecule has 1 unspecified atom stereocenters. The van der Waals surface area contributed by atoms with E-state index in [2.05, 4.69) is 5.32 Å². The average Bonchev–Trinajstić information content (AvgIpc) is 2.78. The van der Waals surface area contributed by atoms with Crippen LogP contribution in [0.15, 0.2) is 24.3 Å². The highest BCUT2D eigenvalue weighted by Gasteiger charge is 2.25. The number of anilines is 1. The Kier molecular flexibility index (Phi) is 4.68. The van der Waals surface area contributed by atoms with Crippen LogP contribution in [0.5, 0.6) is 0 Å². The first-order valence-electron chi connectivity index (χ1n) is 6.52. The fourth-order valence-electron chi connectivity index (χ4n) is 2.41.